The molecular weight excluding hydrogens is 280 g/mol. The lowest BCUT2D eigenvalue weighted by Gasteiger charge is -2.30. The summed E-state index contributed by atoms with van der Waals surface area (Å²) in [7, 11) is 0. The Bertz CT molecular complexity index is 774. The minimum atomic E-state index is -0.357. The van der Waals surface area contributed by atoms with Gasteiger partial charge in [0, 0.05) is 43.2 Å². The first-order valence-corrected chi connectivity index (χ1v) is 7.52. The zero-order valence-corrected chi connectivity index (χ0v) is 12.1. The second-order valence-electron chi connectivity index (χ2n) is 5.81. The summed E-state index contributed by atoms with van der Waals surface area (Å²) in [5.74, 6) is -0.0164. The summed E-state index contributed by atoms with van der Waals surface area (Å²) in [6.45, 7) is 1.20. The van der Waals surface area contributed by atoms with Crippen molar-refractivity contribution in [1.29, 1.82) is 0 Å². The molecule has 2 amide bonds. The lowest BCUT2D eigenvalue weighted by molar-refractivity contribution is -0.135. The number of hydrogen-bond donors (Lipinski definition) is 1. The SMILES string of the molecule is O=C1CCC(C(=O)N2CCc3nc4ncccc4cc3C2)N1. The molecule has 0 spiro atoms. The van der Waals surface area contributed by atoms with E-state index in [9.17, 15) is 9.59 Å². The molecule has 6 heteroatoms. The van der Waals surface area contributed by atoms with Crippen molar-refractivity contribution < 1.29 is 9.59 Å². The van der Waals surface area contributed by atoms with Gasteiger partial charge in [0.15, 0.2) is 5.65 Å². The molecule has 112 valence electrons. The molecule has 22 heavy (non-hydrogen) atoms. The van der Waals surface area contributed by atoms with Crippen molar-refractivity contribution in [2.24, 2.45) is 0 Å². The molecule has 1 N–H and O–H groups in total. The fourth-order valence-electron chi connectivity index (χ4n) is 3.17. The largest absolute Gasteiger partial charge is 0.344 e. The van der Waals surface area contributed by atoms with Crippen LogP contribution in [0.1, 0.15) is 24.1 Å². The van der Waals surface area contributed by atoms with Crippen LogP contribution in [0.15, 0.2) is 24.4 Å². The number of rotatable bonds is 1. The fraction of sp³-hybridized carbons (Fsp3) is 0.375. The van der Waals surface area contributed by atoms with Gasteiger partial charge in [0.2, 0.25) is 11.8 Å². The average Bonchev–Trinajstić information content (AvgIpc) is 2.98. The molecule has 0 bridgehead atoms. The van der Waals surface area contributed by atoms with Gasteiger partial charge in [-0.05, 0) is 30.2 Å². The predicted octanol–water partition coefficient (Wildman–Crippen LogP) is 0.793. The van der Waals surface area contributed by atoms with Crippen molar-refractivity contribution in [3.63, 3.8) is 0 Å². The van der Waals surface area contributed by atoms with E-state index in [2.05, 4.69) is 21.4 Å². The Morgan fingerprint density at radius 3 is 3.09 bits per heavy atom. The van der Waals surface area contributed by atoms with Gasteiger partial charge in [-0.1, -0.05) is 0 Å². The van der Waals surface area contributed by atoms with E-state index in [1.807, 2.05) is 17.0 Å². The van der Waals surface area contributed by atoms with Crippen LogP contribution in [0.5, 0.6) is 0 Å². The third kappa shape index (κ3) is 2.20. The topological polar surface area (TPSA) is 75.2 Å². The Labute approximate surface area is 127 Å². The highest BCUT2D eigenvalue weighted by molar-refractivity contribution is 5.91. The van der Waals surface area contributed by atoms with Crippen LogP contribution in [0.3, 0.4) is 0 Å². The van der Waals surface area contributed by atoms with Crippen molar-refractivity contribution in [3.8, 4) is 0 Å². The van der Waals surface area contributed by atoms with Gasteiger partial charge < -0.3 is 10.2 Å². The summed E-state index contributed by atoms with van der Waals surface area (Å²) < 4.78 is 0. The van der Waals surface area contributed by atoms with Gasteiger partial charge >= 0.3 is 0 Å². The second kappa shape index (κ2) is 5.05. The van der Waals surface area contributed by atoms with Crippen molar-refractivity contribution >= 4 is 22.8 Å². The quantitative estimate of drug-likeness (QED) is 0.844. The minimum Gasteiger partial charge on any atom is -0.344 e. The molecule has 1 saturated heterocycles. The molecular formula is C16H16N4O2. The molecule has 0 radical (unpaired) electrons. The summed E-state index contributed by atoms with van der Waals surface area (Å²) in [5.41, 5.74) is 2.85. The summed E-state index contributed by atoms with van der Waals surface area (Å²) in [5, 5.41) is 3.74. The first-order valence-electron chi connectivity index (χ1n) is 7.52. The average molecular weight is 296 g/mol. The highest BCUT2D eigenvalue weighted by Gasteiger charge is 2.32. The second-order valence-corrected chi connectivity index (χ2v) is 5.81. The molecule has 2 aromatic rings. The standard InChI is InChI=1S/C16H16N4O2/c21-14-4-3-13(18-14)16(22)20-7-5-12-11(9-20)8-10-2-1-6-17-15(10)19-12/h1-2,6,8,13H,3-5,7,9H2,(H,18,21). The molecule has 6 nitrogen and oxygen atoms in total. The molecule has 4 rings (SSSR count). The number of pyridine rings is 2. The molecule has 0 aromatic carbocycles. The smallest absolute Gasteiger partial charge is 0.245 e. The van der Waals surface area contributed by atoms with E-state index in [4.69, 9.17) is 0 Å². The first kappa shape index (κ1) is 13.2. The van der Waals surface area contributed by atoms with Gasteiger partial charge in [0.1, 0.15) is 6.04 Å². The van der Waals surface area contributed by atoms with Gasteiger partial charge in [-0.15, -0.1) is 0 Å². The van der Waals surface area contributed by atoms with Crippen molar-refractivity contribution in [2.75, 3.05) is 6.54 Å². The summed E-state index contributed by atoms with van der Waals surface area (Å²) >= 11 is 0. The number of nitrogens with zero attached hydrogens (tertiary/aromatic N) is 3. The number of carbonyl (C=O) groups excluding carboxylic acids is 2. The summed E-state index contributed by atoms with van der Waals surface area (Å²) in [6, 6.07) is 5.57. The van der Waals surface area contributed by atoms with E-state index >= 15 is 0 Å². The Balaban J connectivity index is 1.59. The lowest BCUT2D eigenvalue weighted by Crippen LogP contribution is -2.46. The van der Waals surface area contributed by atoms with E-state index in [0.717, 1.165) is 28.7 Å². The molecule has 2 aliphatic heterocycles. The maximum atomic E-state index is 12.5. The molecule has 1 atom stereocenters. The molecule has 1 unspecified atom stereocenters. The third-order valence-corrected chi connectivity index (χ3v) is 4.34. The summed E-state index contributed by atoms with van der Waals surface area (Å²) in [6.07, 6.45) is 3.51. The predicted molar refractivity (Wildman–Crippen MR) is 79.8 cm³/mol. The van der Waals surface area contributed by atoms with Crippen molar-refractivity contribution in [2.45, 2.75) is 31.8 Å². The minimum absolute atomic E-state index is 0.0165. The Morgan fingerprint density at radius 2 is 2.27 bits per heavy atom. The van der Waals surface area contributed by atoms with E-state index in [0.29, 0.717) is 25.9 Å². The van der Waals surface area contributed by atoms with Gasteiger partial charge in [0.05, 0.1) is 0 Å². The molecule has 4 heterocycles. The number of carbonyl (C=O) groups is 2. The first-order chi connectivity index (χ1) is 10.7. The normalized spacial score (nSPS) is 20.8. The van der Waals surface area contributed by atoms with Gasteiger partial charge in [-0.25, -0.2) is 9.97 Å². The molecule has 2 aliphatic rings. The Morgan fingerprint density at radius 1 is 1.36 bits per heavy atom. The number of nitrogens with one attached hydrogen (secondary N) is 1. The van der Waals surface area contributed by atoms with Crippen LogP contribution in [0, 0.1) is 0 Å². The zero-order valence-electron chi connectivity index (χ0n) is 12.1. The van der Waals surface area contributed by atoms with Crippen LogP contribution >= 0.6 is 0 Å². The van der Waals surface area contributed by atoms with E-state index < -0.39 is 0 Å². The fourth-order valence-corrected chi connectivity index (χ4v) is 3.17. The third-order valence-electron chi connectivity index (χ3n) is 4.34. The monoisotopic (exact) mass is 296 g/mol. The van der Waals surface area contributed by atoms with Crippen LogP contribution < -0.4 is 5.32 Å². The Hall–Kier alpha value is -2.50. The summed E-state index contributed by atoms with van der Waals surface area (Å²) in [4.78, 5) is 34.5. The van der Waals surface area contributed by atoms with Crippen LogP contribution in [-0.2, 0) is 22.6 Å². The maximum absolute atomic E-state index is 12.5. The number of hydrogen-bond acceptors (Lipinski definition) is 4. The maximum Gasteiger partial charge on any atom is 0.245 e. The van der Waals surface area contributed by atoms with Crippen LogP contribution in [-0.4, -0.2) is 39.3 Å². The Kier molecular flexibility index (Phi) is 3.03. The van der Waals surface area contributed by atoms with E-state index in [-0.39, 0.29) is 17.9 Å². The van der Waals surface area contributed by atoms with Gasteiger partial charge in [-0.3, -0.25) is 9.59 Å². The van der Waals surface area contributed by atoms with Gasteiger partial charge in [-0.2, -0.15) is 0 Å². The molecule has 2 aromatic heterocycles. The highest BCUT2D eigenvalue weighted by atomic mass is 16.2. The molecule has 0 saturated carbocycles. The molecule has 1 fully saturated rings. The van der Waals surface area contributed by atoms with Crippen molar-refractivity contribution in [1.82, 2.24) is 20.2 Å². The van der Waals surface area contributed by atoms with Gasteiger partial charge in [0.25, 0.3) is 0 Å². The lowest BCUT2D eigenvalue weighted by atomic mass is 10.0. The van der Waals surface area contributed by atoms with Crippen LogP contribution in [0.4, 0.5) is 0 Å². The number of fused-ring (bicyclic) bond motifs is 2. The number of aromatic nitrogens is 2. The highest BCUT2D eigenvalue weighted by Crippen LogP contribution is 2.22. The van der Waals surface area contributed by atoms with E-state index in [1.54, 1.807) is 6.20 Å². The zero-order chi connectivity index (χ0) is 15.1. The van der Waals surface area contributed by atoms with Crippen LogP contribution in [0.2, 0.25) is 0 Å². The number of amides is 2. The van der Waals surface area contributed by atoms with Crippen molar-refractivity contribution in [3.05, 3.63) is 35.7 Å². The molecule has 0 aliphatic carbocycles. The van der Waals surface area contributed by atoms with Crippen LogP contribution in [0.25, 0.3) is 11.0 Å². The van der Waals surface area contributed by atoms with E-state index in [1.165, 1.54) is 0 Å².